The minimum absolute atomic E-state index is 0.0270. The van der Waals surface area contributed by atoms with Gasteiger partial charge in [0.15, 0.2) is 0 Å². The van der Waals surface area contributed by atoms with Crippen LogP contribution in [0.1, 0.15) is 25.7 Å². The molecule has 0 aromatic carbocycles. The number of hydrogen-bond acceptors (Lipinski definition) is 4. The highest BCUT2D eigenvalue weighted by molar-refractivity contribution is 5.72. The molecule has 90 valence electrons. The zero-order valence-corrected chi connectivity index (χ0v) is 9.39. The van der Waals surface area contributed by atoms with Crippen molar-refractivity contribution in [2.75, 3.05) is 19.8 Å². The minimum Gasteiger partial charge on any atom is -0.465 e. The number of carbonyl (C=O) groups is 1. The number of carbonyl (C=O) groups excluding carboxylic acids is 1. The predicted molar refractivity (Wildman–Crippen MR) is 55.9 cm³/mol. The van der Waals surface area contributed by atoms with E-state index in [1.54, 1.807) is 0 Å². The number of hydrogen-bond donors (Lipinski definition) is 0. The number of rotatable bonds is 3. The lowest BCUT2D eigenvalue weighted by Crippen LogP contribution is -2.25. The summed E-state index contributed by atoms with van der Waals surface area (Å²) in [5, 5.41) is 0. The van der Waals surface area contributed by atoms with Gasteiger partial charge in [-0.3, -0.25) is 4.79 Å². The van der Waals surface area contributed by atoms with Gasteiger partial charge in [-0.15, -0.1) is 0 Å². The van der Waals surface area contributed by atoms with Gasteiger partial charge in [0.05, 0.1) is 31.3 Å². The largest absolute Gasteiger partial charge is 0.465 e. The maximum Gasteiger partial charge on any atom is 0.309 e. The first-order valence-electron chi connectivity index (χ1n) is 6.23. The summed E-state index contributed by atoms with van der Waals surface area (Å²) in [6, 6.07) is 0. The first-order chi connectivity index (χ1) is 7.83. The van der Waals surface area contributed by atoms with E-state index < -0.39 is 0 Å². The van der Waals surface area contributed by atoms with Crippen molar-refractivity contribution in [3.63, 3.8) is 0 Å². The summed E-state index contributed by atoms with van der Waals surface area (Å²) >= 11 is 0. The molecule has 4 nitrogen and oxygen atoms in total. The van der Waals surface area contributed by atoms with E-state index in [9.17, 15) is 4.79 Å². The topological polar surface area (TPSA) is 48.1 Å². The van der Waals surface area contributed by atoms with Crippen LogP contribution in [-0.2, 0) is 19.0 Å². The molecular weight excluding hydrogens is 208 g/mol. The molecule has 3 aliphatic rings. The number of epoxide rings is 1. The number of fused-ring (bicyclic) bond motifs is 1. The Balaban J connectivity index is 1.41. The lowest BCUT2D eigenvalue weighted by molar-refractivity contribution is -0.150. The van der Waals surface area contributed by atoms with Gasteiger partial charge in [-0.2, -0.15) is 0 Å². The van der Waals surface area contributed by atoms with Crippen molar-refractivity contribution in [2.45, 2.75) is 37.9 Å². The number of esters is 1. The van der Waals surface area contributed by atoms with Crippen LogP contribution in [0.25, 0.3) is 0 Å². The van der Waals surface area contributed by atoms with Crippen LogP contribution in [0.5, 0.6) is 0 Å². The lowest BCUT2D eigenvalue weighted by atomic mass is 9.89. The van der Waals surface area contributed by atoms with E-state index in [0.717, 1.165) is 38.9 Å². The third-order valence-electron chi connectivity index (χ3n) is 3.82. The van der Waals surface area contributed by atoms with Crippen molar-refractivity contribution < 1.29 is 19.0 Å². The second kappa shape index (κ2) is 4.34. The average Bonchev–Trinajstić information content (AvgIpc) is 2.90. The SMILES string of the molecule is O=C(OCC1CCOC1)C1CCC2OC2C1. The first-order valence-corrected chi connectivity index (χ1v) is 6.23. The Morgan fingerprint density at radius 1 is 1.25 bits per heavy atom. The zero-order chi connectivity index (χ0) is 11.0. The standard InChI is InChI=1S/C12H18O4/c13-12(15-7-8-3-4-14-6-8)9-1-2-10-11(5-9)16-10/h8-11H,1-7H2. The molecule has 0 aromatic rings. The molecule has 0 amide bonds. The Morgan fingerprint density at radius 3 is 2.94 bits per heavy atom. The highest BCUT2D eigenvalue weighted by Crippen LogP contribution is 2.39. The second-order valence-corrected chi connectivity index (χ2v) is 5.08. The minimum atomic E-state index is -0.0270. The molecule has 2 heterocycles. The second-order valence-electron chi connectivity index (χ2n) is 5.08. The van der Waals surface area contributed by atoms with E-state index in [1.165, 1.54) is 0 Å². The van der Waals surface area contributed by atoms with Crippen molar-refractivity contribution in [2.24, 2.45) is 11.8 Å². The molecule has 2 saturated heterocycles. The van der Waals surface area contributed by atoms with E-state index >= 15 is 0 Å². The fraction of sp³-hybridized carbons (Fsp3) is 0.917. The van der Waals surface area contributed by atoms with Gasteiger partial charge in [-0.25, -0.2) is 0 Å². The van der Waals surface area contributed by atoms with Gasteiger partial charge in [-0.1, -0.05) is 0 Å². The summed E-state index contributed by atoms with van der Waals surface area (Å²) in [6.07, 6.45) is 4.64. The van der Waals surface area contributed by atoms with Crippen LogP contribution < -0.4 is 0 Å². The van der Waals surface area contributed by atoms with Gasteiger partial charge >= 0.3 is 5.97 Å². The fourth-order valence-electron chi connectivity index (χ4n) is 2.65. The maximum absolute atomic E-state index is 11.8. The van der Waals surface area contributed by atoms with E-state index in [4.69, 9.17) is 14.2 Å². The molecule has 0 N–H and O–H groups in total. The van der Waals surface area contributed by atoms with Gasteiger partial charge < -0.3 is 14.2 Å². The van der Waals surface area contributed by atoms with Crippen molar-refractivity contribution in [3.05, 3.63) is 0 Å². The molecule has 2 aliphatic heterocycles. The Morgan fingerprint density at radius 2 is 2.19 bits per heavy atom. The molecule has 0 spiro atoms. The van der Waals surface area contributed by atoms with Gasteiger partial charge in [-0.05, 0) is 25.7 Å². The van der Waals surface area contributed by atoms with Crippen LogP contribution in [0.15, 0.2) is 0 Å². The third-order valence-corrected chi connectivity index (χ3v) is 3.82. The molecule has 1 aliphatic carbocycles. The molecule has 4 heteroatoms. The molecule has 0 bridgehead atoms. The summed E-state index contributed by atoms with van der Waals surface area (Å²) < 4.78 is 16.0. The smallest absolute Gasteiger partial charge is 0.309 e. The molecule has 4 unspecified atom stereocenters. The Hall–Kier alpha value is -0.610. The summed E-state index contributed by atoms with van der Waals surface area (Å²) in [4.78, 5) is 11.8. The Labute approximate surface area is 95.2 Å². The van der Waals surface area contributed by atoms with E-state index in [1.807, 2.05) is 0 Å². The molecular formula is C12H18O4. The predicted octanol–water partition coefficient (Wildman–Crippen LogP) is 1.13. The monoisotopic (exact) mass is 226 g/mol. The van der Waals surface area contributed by atoms with E-state index in [2.05, 4.69) is 0 Å². The van der Waals surface area contributed by atoms with E-state index in [0.29, 0.717) is 24.7 Å². The summed E-state index contributed by atoms with van der Waals surface area (Å²) in [7, 11) is 0. The van der Waals surface area contributed by atoms with Crippen LogP contribution in [-0.4, -0.2) is 38.0 Å². The van der Waals surface area contributed by atoms with Gasteiger partial charge in [0, 0.05) is 12.5 Å². The summed E-state index contributed by atoms with van der Waals surface area (Å²) in [5.41, 5.74) is 0. The molecule has 3 fully saturated rings. The average molecular weight is 226 g/mol. The quantitative estimate of drug-likeness (QED) is 0.534. The molecule has 16 heavy (non-hydrogen) atoms. The van der Waals surface area contributed by atoms with Gasteiger partial charge in [0.2, 0.25) is 0 Å². The third kappa shape index (κ3) is 2.23. The maximum atomic E-state index is 11.8. The Kier molecular flexibility index (Phi) is 2.86. The molecule has 3 rings (SSSR count). The first kappa shape index (κ1) is 10.5. The van der Waals surface area contributed by atoms with Crippen LogP contribution in [0.3, 0.4) is 0 Å². The van der Waals surface area contributed by atoms with Crippen LogP contribution >= 0.6 is 0 Å². The molecule has 4 atom stereocenters. The van der Waals surface area contributed by atoms with Crippen LogP contribution in [0.2, 0.25) is 0 Å². The fourth-order valence-corrected chi connectivity index (χ4v) is 2.65. The highest BCUT2D eigenvalue weighted by atomic mass is 16.6. The Bertz CT molecular complexity index is 272. The van der Waals surface area contributed by atoms with Gasteiger partial charge in [0.1, 0.15) is 0 Å². The van der Waals surface area contributed by atoms with Crippen molar-refractivity contribution >= 4 is 5.97 Å². The number of ether oxygens (including phenoxy) is 3. The molecule has 1 saturated carbocycles. The lowest BCUT2D eigenvalue weighted by Gasteiger charge is -2.18. The van der Waals surface area contributed by atoms with Crippen molar-refractivity contribution in [1.29, 1.82) is 0 Å². The molecule has 0 aromatic heterocycles. The van der Waals surface area contributed by atoms with Crippen LogP contribution in [0.4, 0.5) is 0 Å². The summed E-state index contributed by atoms with van der Waals surface area (Å²) in [5.74, 6) is 0.462. The highest BCUT2D eigenvalue weighted by Gasteiger charge is 2.46. The van der Waals surface area contributed by atoms with Crippen molar-refractivity contribution in [3.8, 4) is 0 Å². The van der Waals surface area contributed by atoms with Gasteiger partial charge in [0.25, 0.3) is 0 Å². The van der Waals surface area contributed by atoms with Crippen LogP contribution in [0, 0.1) is 11.8 Å². The molecule has 0 radical (unpaired) electrons. The van der Waals surface area contributed by atoms with E-state index in [-0.39, 0.29) is 11.9 Å². The van der Waals surface area contributed by atoms with Crippen molar-refractivity contribution in [1.82, 2.24) is 0 Å². The summed E-state index contributed by atoms with van der Waals surface area (Å²) in [6.45, 7) is 2.08. The zero-order valence-electron chi connectivity index (χ0n) is 9.39. The normalized spacial score (nSPS) is 41.5.